The maximum atomic E-state index is 12.2. The van der Waals surface area contributed by atoms with Gasteiger partial charge in [-0.2, -0.15) is 9.98 Å². The molecule has 24 heavy (non-hydrogen) atoms. The highest BCUT2D eigenvalue weighted by Gasteiger charge is 2.15. The van der Waals surface area contributed by atoms with Crippen LogP contribution in [0.15, 0.2) is 59.5 Å². The number of carbonyl (C=O) groups is 1. The van der Waals surface area contributed by atoms with E-state index in [0.29, 0.717) is 5.56 Å². The van der Waals surface area contributed by atoms with Crippen LogP contribution in [-0.4, -0.2) is 20.9 Å². The summed E-state index contributed by atoms with van der Waals surface area (Å²) in [6.07, 6.45) is 0. The molecule has 0 heterocycles. The zero-order chi connectivity index (χ0) is 17.6. The van der Waals surface area contributed by atoms with Gasteiger partial charge in [0.2, 0.25) is 10.0 Å². The van der Waals surface area contributed by atoms with E-state index in [0.717, 1.165) is 5.56 Å². The smallest absolute Gasteiger partial charge is 0.251 e. The molecular formula is C17H17N3O3S. The predicted octanol–water partition coefficient (Wildman–Crippen LogP) is 1.98. The molecule has 0 unspecified atom stereocenters. The van der Waals surface area contributed by atoms with E-state index in [1.807, 2.05) is 37.3 Å². The van der Waals surface area contributed by atoms with Crippen molar-refractivity contribution in [3.05, 3.63) is 65.7 Å². The van der Waals surface area contributed by atoms with Gasteiger partial charge in [-0.1, -0.05) is 30.3 Å². The quantitative estimate of drug-likeness (QED) is 0.783. The Morgan fingerprint density at radius 2 is 1.75 bits per heavy atom. The van der Waals surface area contributed by atoms with Crippen molar-refractivity contribution in [2.24, 2.45) is 0 Å². The van der Waals surface area contributed by atoms with Crippen molar-refractivity contribution in [2.75, 3.05) is 6.54 Å². The summed E-state index contributed by atoms with van der Waals surface area (Å²) >= 11 is 0. The molecular weight excluding hydrogens is 326 g/mol. The van der Waals surface area contributed by atoms with Crippen LogP contribution >= 0.6 is 0 Å². The molecule has 7 heteroatoms. The zero-order valence-electron chi connectivity index (χ0n) is 13.1. The molecule has 124 valence electrons. The summed E-state index contributed by atoms with van der Waals surface area (Å²) in [7, 11) is -3.74. The first-order valence-electron chi connectivity index (χ1n) is 7.26. The Kier molecular flexibility index (Phi) is 5.68. The van der Waals surface area contributed by atoms with Crippen LogP contribution in [0.4, 0.5) is 0 Å². The number of hydrogen-bond donors (Lipinski definition) is 2. The Labute approximate surface area is 141 Å². The van der Waals surface area contributed by atoms with E-state index in [2.05, 4.69) is 10.0 Å². The molecule has 2 N–H and O–H groups in total. The minimum atomic E-state index is -3.74. The van der Waals surface area contributed by atoms with Gasteiger partial charge >= 0.3 is 0 Å². The first-order valence-corrected chi connectivity index (χ1v) is 8.75. The van der Waals surface area contributed by atoms with Crippen molar-refractivity contribution in [3.63, 3.8) is 0 Å². The highest BCUT2D eigenvalue weighted by atomic mass is 32.2. The lowest BCUT2D eigenvalue weighted by Crippen LogP contribution is -2.27. The monoisotopic (exact) mass is 343 g/mol. The summed E-state index contributed by atoms with van der Waals surface area (Å²) in [5.41, 5.74) is 1.34. The van der Waals surface area contributed by atoms with E-state index in [9.17, 15) is 13.2 Å². The fraction of sp³-hybridized carbons (Fsp3) is 0.176. The Hall–Kier alpha value is -2.69. The van der Waals surface area contributed by atoms with E-state index < -0.39 is 10.0 Å². The third-order valence-electron chi connectivity index (χ3n) is 3.42. The molecule has 2 aromatic carbocycles. The number of hydrogen-bond acceptors (Lipinski definition) is 4. The fourth-order valence-electron chi connectivity index (χ4n) is 2.10. The van der Waals surface area contributed by atoms with Gasteiger partial charge < -0.3 is 5.32 Å². The number of rotatable bonds is 6. The molecule has 0 aliphatic rings. The molecule has 6 nitrogen and oxygen atoms in total. The largest absolute Gasteiger partial charge is 0.346 e. The van der Waals surface area contributed by atoms with Crippen molar-refractivity contribution in [1.29, 1.82) is 5.26 Å². The van der Waals surface area contributed by atoms with Crippen LogP contribution in [0.3, 0.4) is 0 Å². The first-order chi connectivity index (χ1) is 11.4. The van der Waals surface area contributed by atoms with Gasteiger partial charge in [0.15, 0.2) is 0 Å². The second-order valence-corrected chi connectivity index (χ2v) is 6.88. The minimum Gasteiger partial charge on any atom is -0.346 e. The number of sulfonamides is 1. The molecule has 0 fully saturated rings. The normalized spacial score (nSPS) is 12.2. The third kappa shape index (κ3) is 4.41. The van der Waals surface area contributed by atoms with Gasteiger partial charge in [0.1, 0.15) is 0 Å². The van der Waals surface area contributed by atoms with Gasteiger partial charge in [0.05, 0.1) is 23.6 Å². The van der Waals surface area contributed by atoms with E-state index >= 15 is 0 Å². The Morgan fingerprint density at radius 3 is 2.33 bits per heavy atom. The number of amides is 1. The molecule has 1 amide bonds. The summed E-state index contributed by atoms with van der Waals surface area (Å²) in [5, 5.41) is 11.3. The van der Waals surface area contributed by atoms with Gasteiger partial charge in [0.25, 0.3) is 5.91 Å². The molecule has 0 saturated heterocycles. The molecule has 0 spiro atoms. The fourth-order valence-corrected chi connectivity index (χ4v) is 3.02. The predicted molar refractivity (Wildman–Crippen MR) is 89.6 cm³/mol. The van der Waals surface area contributed by atoms with Gasteiger partial charge in [0, 0.05) is 5.56 Å². The lowest BCUT2D eigenvalue weighted by Gasteiger charge is -2.14. The maximum Gasteiger partial charge on any atom is 0.251 e. The van der Waals surface area contributed by atoms with E-state index in [-0.39, 0.29) is 23.4 Å². The molecule has 0 aliphatic carbocycles. The number of carbonyl (C=O) groups excluding carboxylic acids is 1. The van der Waals surface area contributed by atoms with Crippen molar-refractivity contribution < 1.29 is 13.2 Å². The molecule has 1 atom stereocenters. The second kappa shape index (κ2) is 7.73. The van der Waals surface area contributed by atoms with E-state index in [4.69, 9.17) is 5.26 Å². The van der Waals surface area contributed by atoms with E-state index in [1.54, 1.807) is 6.07 Å². The molecule has 0 radical (unpaired) electrons. The Bertz CT molecular complexity index is 841. The van der Waals surface area contributed by atoms with Crippen LogP contribution in [0, 0.1) is 11.3 Å². The molecule has 0 saturated carbocycles. The lowest BCUT2D eigenvalue weighted by atomic mass is 10.1. The van der Waals surface area contributed by atoms with Crippen molar-refractivity contribution in [3.8, 4) is 6.07 Å². The van der Waals surface area contributed by atoms with Gasteiger partial charge in [-0.3, -0.25) is 4.79 Å². The van der Waals surface area contributed by atoms with Crippen LogP contribution in [0.1, 0.15) is 28.9 Å². The summed E-state index contributed by atoms with van der Waals surface area (Å²) < 4.78 is 25.9. The lowest BCUT2D eigenvalue weighted by molar-refractivity contribution is 0.0940. The van der Waals surface area contributed by atoms with Crippen LogP contribution in [0.2, 0.25) is 0 Å². The minimum absolute atomic E-state index is 0.00501. The number of benzene rings is 2. The van der Waals surface area contributed by atoms with Gasteiger partial charge in [-0.25, -0.2) is 8.42 Å². The highest BCUT2D eigenvalue weighted by Crippen LogP contribution is 2.14. The van der Waals surface area contributed by atoms with E-state index in [1.165, 1.54) is 24.3 Å². The SMILES string of the molecule is C[C@@H](NC(=O)c1ccc(S(=O)(=O)NCC#N)cc1)c1ccccc1. The number of nitriles is 1. The second-order valence-electron chi connectivity index (χ2n) is 5.11. The summed E-state index contributed by atoms with van der Waals surface area (Å²) in [4.78, 5) is 12.2. The highest BCUT2D eigenvalue weighted by molar-refractivity contribution is 7.89. The van der Waals surface area contributed by atoms with Crippen LogP contribution < -0.4 is 10.0 Å². The standard InChI is InChI=1S/C17H17N3O3S/c1-13(14-5-3-2-4-6-14)20-17(21)15-7-9-16(10-8-15)24(22,23)19-12-11-18/h2-10,13,19H,12H2,1H3,(H,20,21)/t13-/m1/s1. The summed E-state index contributed by atoms with van der Waals surface area (Å²) in [6.45, 7) is 1.57. The number of nitrogens with one attached hydrogen (secondary N) is 2. The third-order valence-corrected chi connectivity index (χ3v) is 4.83. The molecule has 0 bridgehead atoms. The number of nitrogens with zero attached hydrogens (tertiary/aromatic N) is 1. The average molecular weight is 343 g/mol. The molecule has 2 rings (SSSR count). The van der Waals surface area contributed by atoms with Crippen LogP contribution in [0.5, 0.6) is 0 Å². The van der Waals surface area contributed by atoms with Gasteiger partial charge in [-0.05, 0) is 36.8 Å². The average Bonchev–Trinajstić information content (AvgIpc) is 2.60. The van der Waals surface area contributed by atoms with Crippen LogP contribution in [0.25, 0.3) is 0 Å². The Balaban J connectivity index is 2.08. The maximum absolute atomic E-state index is 12.2. The molecule has 0 aliphatic heterocycles. The topological polar surface area (TPSA) is 99.1 Å². The first kappa shape index (κ1) is 17.7. The van der Waals surface area contributed by atoms with Crippen molar-refractivity contribution in [1.82, 2.24) is 10.0 Å². The molecule has 2 aromatic rings. The van der Waals surface area contributed by atoms with Crippen molar-refractivity contribution >= 4 is 15.9 Å². The van der Waals surface area contributed by atoms with Crippen LogP contribution in [-0.2, 0) is 10.0 Å². The van der Waals surface area contributed by atoms with Crippen molar-refractivity contribution in [2.45, 2.75) is 17.9 Å². The summed E-state index contributed by atoms with van der Waals surface area (Å²) in [6, 6.07) is 16.6. The summed E-state index contributed by atoms with van der Waals surface area (Å²) in [5.74, 6) is -0.291. The van der Waals surface area contributed by atoms with Gasteiger partial charge in [-0.15, -0.1) is 0 Å². The molecule has 0 aromatic heterocycles. The Morgan fingerprint density at radius 1 is 1.12 bits per heavy atom. The zero-order valence-corrected chi connectivity index (χ0v) is 13.9.